The van der Waals surface area contributed by atoms with Gasteiger partial charge >= 0.3 is 0 Å². The van der Waals surface area contributed by atoms with Gasteiger partial charge in [0.1, 0.15) is 17.3 Å². The monoisotopic (exact) mass is 340 g/mol. The van der Waals surface area contributed by atoms with Crippen molar-refractivity contribution in [3.8, 4) is 5.82 Å². The second-order valence-electron chi connectivity index (χ2n) is 5.69. The summed E-state index contributed by atoms with van der Waals surface area (Å²) in [5.74, 6) is 2.49. The van der Waals surface area contributed by atoms with Crippen molar-refractivity contribution in [3.05, 3.63) is 53.2 Å². The van der Waals surface area contributed by atoms with Crippen molar-refractivity contribution in [1.29, 1.82) is 0 Å². The lowest BCUT2D eigenvalue weighted by Crippen LogP contribution is -2.29. The van der Waals surface area contributed by atoms with Crippen LogP contribution in [-0.2, 0) is 0 Å². The average Bonchev–Trinajstić information content (AvgIpc) is 3.17. The van der Waals surface area contributed by atoms with Crippen molar-refractivity contribution in [2.24, 2.45) is 0 Å². The van der Waals surface area contributed by atoms with Crippen LogP contribution < -0.4 is 10.6 Å². The fourth-order valence-corrected chi connectivity index (χ4v) is 2.40. The van der Waals surface area contributed by atoms with Gasteiger partial charge in [-0.3, -0.25) is 4.79 Å². The number of anilines is 1. The summed E-state index contributed by atoms with van der Waals surface area (Å²) in [5.41, 5.74) is 1.49. The Morgan fingerprint density at radius 3 is 2.60 bits per heavy atom. The Labute approximate surface area is 145 Å². The summed E-state index contributed by atoms with van der Waals surface area (Å²) >= 11 is 0. The molecule has 0 radical (unpaired) electrons. The van der Waals surface area contributed by atoms with Crippen LogP contribution in [0.1, 0.15) is 27.6 Å². The molecule has 3 aromatic rings. The van der Waals surface area contributed by atoms with Crippen LogP contribution in [0.3, 0.4) is 0 Å². The summed E-state index contributed by atoms with van der Waals surface area (Å²) < 4.78 is 7.03. The second-order valence-corrected chi connectivity index (χ2v) is 5.69. The van der Waals surface area contributed by atoms with Gasteiger partial charge < -0.3 is 15.1 Å². The Bertz CT molecular complexity index is 866. The largest absolute Gasteiger partial charge is 0.466 e. The Balaban J connectivity index is 1.47. The van der Waals surface area contributed by atoms with E-state index in [9.17, 15) is 4.79 Å². The van der Waals surface area contributed by atoms with E-state index in [-0.39, 0.29) is 5.91 Å². The Morgan fingerprint density at radius 1 is 1.16 bits per heavy atom. The molecule has 0 fully saturated rings. The van der Waals surface area contributed by atoms with Gasteiger partial charge in [0.15, 0.2) is 5.82 Å². The van der Waals surface area contributed by atoms with Gasteiger partial charge in [0.25, 0.3) is 5.91 Å². The maximum absolute atomic E-state index is 12.1. The molecule has 8 heteroatoms. The number of aryl methyl sites for hydroxylation is 3. The van der Waals surface area contributed by atoms with Crippen molar-refractivity contribution in [3.63, 3.8) is 0 Å². The predicted molar refractivity (Wildman–Crippen MR) is 92.9 cm³/mol. The lowest BCUT2D eigenvalue weighted by atomic mass is 10.2. The van der Waals surface area contributed by atoms with Crippen LogP contribution in [-0.4, -0.2) is 39.0 Å². The van der Waals surface area contributed by atoms with E-state index in [0.717, 1.165) is 11.5 Å². The molecule has 0 aliphatic rings. The molecule has 25 heavy (non-hydrogen) atoms. The van der Waals surface area contributed by atoms with Crippen LogP contribution in [0.15, 0.2) is 34.9 Å². The normalized spacial score (nSPS) is 10.7. The van der Waals surface area contributed by atoms with Crippen molar-refractivity contribution >= 4 is 11.7 Å². The van der Waals surface area contributed by atoms with Gasteiger partial charge in [-0.2, -0.15) is 5.10 Å². The zero-order valence-corrected chi connectivity index (χ0v) is 14.4. The zero-order chi connectivity index (χ0) is 17.8. The molecule has 3 rings (SSSR count). The Hall–Kier alpha value is -3.16. The highest BCUT2D eigenvalue weighted by molar-refractivity contribution is 5.95. The minimum Gasteiger partial charge on any atom is -0.466 e. The molecule has 0 atom stereocenters. The molecule has 0 saturated carbocycles. The van der Waals surface area contributed by atoms with Crippen molar-refractivity contribution in [2.75, 3.05) is 18.4 Å². The lowest BCUT2D eigenvalue weighted by molar-refractivity contribution is 0.0953. The van der Waals surface area contributed by atoms with Gasteiger partial charge in [0.2, 0.25) is 0 Å². The van der Waals surface area contributed by atoms with E-state index in [1.165, 1.54) is 0 Å². The number of hydrogen-bond donors (Lipinski definition) is 2. The molecular weight excluding hydrogens is 320 g/mol. The molecule has 0 spiro atoms. The summed E-state index contributed by atoms with van der Waals surface area (Å²) in [7, 11) is 0. The van der Waals surface area contributed by atoms with Crippen molar-refractivity contribution in [2.45, 2.75) is 20.8 Å². The summed E-state index contributed by atoms with van der Waals surface area (Å²) in [4.78, 5) is 12.1. The number of hydrogen-bond acceptors (Lipinski definition) is 6. The molecule has 0 aliphatic heterocycles. The van der Waals surface area contributed by atoms with E-state index < -0.39 is 0 Å². The van der Waals surface area contributed by atoms with E-state index in [4.69, 9.17) is 4.42 Å². The molecule has 0 aliphatic carbocycles. The van der Waals surface area contributed by atoms with Crippen molar-refractivity contribution in [1.82, 2.24) is 25.3 Å². The van der Waals surface area contributed by atoms with E-state index in [1.54, 1.807) is 17.7 Å². The first-order valence-electron chi connectivity index (χ1n) is 7.98. The topological polar surface area (TPSA) is 97.9 Å². The standard InChI is InChI=1S/C17H20N6O2/c1-11-6-9-23(22-11)16-5-4-15(20-21-16)18-7-8-19-17(24)14-10-12(2)25-13(14)3/h4-6,9-10H,7-8H2,1-3H3,(H,18,20)(H,19,24). The molecule has 130 valence electrons. The molecule has 0 saturated heterocycles. The fraction of sp³-hybridized carbons (Fsp3) is 0.294. The maximum Gasteiger partial charge on any atom is 0.254 e. The van der Waals surface area contributed by atoms with Crippen LogP contribution in [0, 0.1) is 20.8 Å². The van der Waals surface area contributed by atoms with Crippen LogP contribution in [0.25, 0.3) is 5.82 Å². The molecule has 0 aromatic carbocycles. The molecule has 3 heterocycles. The third-order valence-electron chi connectivity index (χ3n) is 3.61. The van der Waals surface area contributed by atoms with Crippen molar-refractivity contribution < 1.29 is 9.21 Å². The number of nitrogens with zero attached hydrogens (tertiary/aromatic N) is 4. The SMILES string of the molecule is Cc1ccn(-c2ccc(NCCNC(=O)c3cc(C)oc3C)nn2)n1. The van der Waals surface area contributed by atoms with Gasteiger partial charge in [-0.25, -0.2) is 4.68 Å². The number of rotatable bonds is 6. The van der Waals surface area contributed by atoms with Crippen LogP contribution in [0.5, 0.6) is 0 Å². The van der Waals surface area contributed by atoms with Crippen LogP contribution in [0.4, 0.5) is 5.82 Å². The Morgan fingerprint density at radius 2 is 2.00 bits per heavy atom. The first-order valence-corrected chi connectivity index (χ1v) is 7.98. The fourth-order valence-electron chi connectivity index (χ4n) is 2.40. The van der Waals surface area contributed by atoms with E-state index in [0.29, 0.717) is 36.0 Å². The summed E-state index contributed by atoms with van der Waals surface area (Å²) in [6.45, 7) is 6.51. The minimum atomic E-state index is -0.147. The third kappa shape index (κ3) is 4.03. The second kappa shape index (κ2) is 7.16. The molecule has 0 unspecified atom stereocenters. The molecular formula is C17H20N6O2. The predicted octanol–water partition coefficient (Wildman–Crippen LogP) is 2.02. The maximum atomic E-state index is 12.1. The quantitative estimate of drug-likeness (QED) is 0.666. The van der Waals surface area contributed by atoms with Gasteiger partial charge in [-0.15, -0.1) is 10.2 Å². The summed E-state index contributed by atoms with van der Waals surface area (Å²) in [6, 6.07) is 7.29. The van der Waals surface area contributed by atoms with Gasteiger partial charge in [0, 0.05) is 19.3 Å². The minimum absolute atomic E-state index is 0.147. The highest BCUT2D eigenvalue weighted by atomic mass is 16.3. The van der Waals surface area contributed by atoms with E-state index >= 15 is 0 Å². The lowest BCUT2D eigenvalue weighted by Gasteiger charge is -2.07. The van der Waals surface area contributed by atoms with Gasteiger partial charge in [-0.05, 0) is 45.0 Å². The summed E-state index contributed by atoms with van der Waals surface area (Å²) in [6.07, 6.45) is 1.83. The zero-order valence-electron chi connectivity index (χ0n) is 14.4. The number of amides is 1. The number of carbonyl (C=O) groups excluding carboxylic acids is 1. The molecule has 8 nitrogen and oxygen atoms in total. The first-order chi connectivity index (χ1) is 12.0. The Kier molecular flexibility index (Phi) is 4.78. The van der Waals surface area contributed by atoms with E-state index in [2.05, 4.69) is 25.9 Å². The van der Waals surface area contributed by atoms with Crippen LogP contribution >= 0.6 is 0 Å². The first kappa shape index (κ1) is 16.7. The summed E-state index contributed by atoms with van der Waals surface area (Å²) in [5, 5.41) is 18.5. The number of nitrogens with one attached hydrogen (secondary N) is 2. The van der Waals surface area contributed by atoms with Gasteiger partial charge in [0.05, 0.1) is 11.3 Å². The number of carbonyl (C=O) groups is 1. The smallest absolute Gasteiger partial charge is 0.254 e. The molecule has 2 N–H and O–H groups in total. The van der Waals surface area contributed by atoms with Gasteiger partial charge in [-0.1, -0.05) is 0 Å². The van der Waals surface area contributed by atoms with Crippen LogP contribution in [0.2, 0.25) is 0 Å². The number of furan rings is 1. The highest BCUT2D eigenvalue weighted by Crippen LogP contribution is 2.13. The molecule has 1 amide bonds. The number of aromatic nitrogens is 4. The molecule has 0 bridgehead atoms. The van der Waals surface area contributed by atoms with E-state index in [1.807, 2.05) is 38.2 Å². The third-order valence-corrected chi connectivity index (χ3v) is 3.61. The molecule has 3 aromatic heterocycles. The highest BCUT2D eigenvalue weighted by Gasteiger charge is 2.12. The average molecular weight is 340 g/mol.